The lowest BCUT2D eigenvalue weighted by Gasteiger charge is -2.27. The van der Waals surface area contributed by atoms with Crippen LogP contribution in [0.3, 0.4) is 0 Å². The molecule has 142 valence electrons. The zero-order valence-electron chi connectivity index (χ0n) is 15.7. The molecular formula is C23H21NO4. The molecule has 1 aromatic heterocycles. The van der Waals surface area contributed by atoms with Crippen molar-refractivity contribution in [1.29, 1.82) is 0 Å². The Morgan fingerprint density at radius 3 is 2.61 bits per heavy atom. The normalized spacial score (nSPS) is 21.5. The van der Waals surface area contributed by atoms with Crippen LogP contribution in [-0.2, 0) is 4.74 Å². The van der Waals surface area contributed by atoms with Gasteiger partial charge in [-0.2, -0.15) is 0 Å². The van der Waals surface area contributed by atoms with Crippen molar-refractivity contribution in [2.24, 2.45) is 0 Å². The van der Waals surface area contributed by atoms with Gasteiger partial charge in [0, 0.05) is 13.2 Å². The Kier molecular flexibility index (Phi) is 4.05. The standard InChI is InChI=1S/C23H21NO4/c1-14-8-10-15(11-9-14)20-19-21(25)17-6-2-3-7-18(17)28-22(19)23(26)24(20)13-16-5-4-12-27-16/h2-3,6-11,16,20H,4-5,12-13H2,1H3/t16-,20-/m1/s1. The van der Waals surface area contributed by atoms with E-state index in [1.807, 2.05) is 37.3 Å². The number of amides is 1. The minimum Gasteiger partial charge on any atom is -0.450 e. The van der Waals surface area contributed by atoms with Crippen LogP contribution >= 0.6 is 0 Å². The number of carbonyl (C=O) groups is 1. The van der Waals surface area contributed by atoms with Gasteiger partial charge >= 0.3 is 0 Å². The predicted octanol–water partition coefficient (Wildman–Crippen LogP) is 3.83. The summed E-state index contributed by atoms with van der Waals surface area (Å²) in [5.74, 6) is -0.0776. The second-order valence-electron chi connectivity index (χ2n) is 7.58. The molecule has 5 nitrogen and oxygen atoms in total. The smallest absolute Gasteiger partial charge is 0.291 e. The van der Waals surface area contributed by atoms with Gasteiger partial charge in [-0.1, -0.05) is 42.0 Å². The average molecular weight is 375 g/mol. The average Bonchev–Trinajstić information content (AvgIpc) is 3.31. The van der Waals surface area contributed by atoms with Crippen LogP contribution in [0, 0.1) is 6.92 Å². The fourth-order valence-corrected chi connectivity index (χ4v) is 4.26. The number of ether oxygens (including phenoxy) is 1. The van der Waals surface area contributed by atoms with Crippen molar-refractivity contribution >= 4 is 16.9 Å². The van der Waals surface area contributed by atoms with Crippen LogP contribution in [0.1, 0.15) is 46.1 Å². The van der Waals surface area contributed by atoms with E-state index in [9.17, 15) is 9.59 Å². The molecule has 1 fully saturated rings. The number of para-hydroxylation sites is 1. The van der Waals surface area contributed by atoms with Crippen molar-refractivity contribution in [2.75, 3.05) is 13.2 Å². The second kappa shape index (κ2) is 6.60. The van der Waals surface area contributed by atoms with E-state index in [0.717, 1.165) is 30.6 Å². The number of aryl methyl sites for hydroxylation is 1. The van der Waals surface area contributed by atoms with Crippen molar-refractivity contribution in [1.82, 2.24) is 4.90 Å². The zero-order chi connectivity index (χ0) is 19.3. The van der Waals surface area contributed by atoms with Crippen molar-refractivity contribution in [3.63, 3.8) is 0 Å². The summed E-state index contributed by atoms with van der Waals surface area (Å²) in [7, 11) is 0. The van der Waals surface area contributed by atoms with E-state index in [1.165, 1.54) is 0 Å². The quantitative estimate of drug-likeness (QED) is 0.698. The molecule has 2 aliphatic rings. The minimum absolute atomic E-state index is 0.00395. The van der Waals surface area contributed by atoms with Crippen LogP contribution in [0.2, 0.25) is 0 Å². The third-order valence-corrected chi connectivity index (χ3v) is 5.69. The Bertz CT molecular complexity index is 1110. The van der Waals surface area contributed by atoms with Crippen LogP contribution in [-0.4, -0.2) is 30.1 Å². The fourth-order valence-electron chi connectivity index (χ4n) is 4.26. The Morgan fingerprint density at radius 1 is 1.07 bits per heavy atom. The van der Waals surface area contributed by atoms with Gasteiger partial charge in [0.2, 0.25) is 5.76 Å². The molecule has 5 rings (SSSR count). The van der Waals surface area contributed by atoms with E-state index in [0.29, 0.717) is 23.1 Å². The first-order chi connectivity index (χ1) is 13.6. The monoisotopic (exact) mass is 375 g/mol. The molecular weight excluding hydrogens is 354 g/mol. The number of nitrogens with zero attached hydrogens (tertiary/aromatic N) is 1. The number of hydrogen-bond donors (Lipinski definition) is 0. The number of carbonyl (C=O) groups excluding carboxylic acids is 1. The third-order valence-electron chi connectivity index (χ3n) is 5.69. The van der Waals surface area contributed by atoms with Crippen molar-refractivity contribution in [3.8, 4) is 0 Å². The molecule has 0 spiro atoms. The highest BCUT2D eigenvalue weighted by molar-refractivity contribution is 5.99. The van der Waals surface area contributed by atoms with Gasteiger partial charge in [-0.3, -0.25) is 9.59 Å². The molecule has 0 N–H and O–H groups in total. The summed E-state index contributed by atoms with van der Waals surface area (Å²) in [4.78, 5) is 28.3. The molecule has 2 aromatic carbocycles. The van der Waals surface area contributed by atoms with Gasteiger partial charge < -0.3 is 14.1 Å². The maximum Gasteiger partial charge on any atom is 0.291 e. The van der Waals surface area contributed by atoms with E-state index in [2.05, 4.69) is 0 Å². The molecule has 3 aromatic rings. The third kappa shape index (κ3) is 2.66. The van der Waals surface area contributed by atoms with E-state index in [-0.39, 0.29) is 23.2 Å². The Balaban J connectivity index is 1.70. The largest absolute Gasteiger partial charge is 0.450 e. The molecule has 0 saturated carbocycles. The summed E-state index contributed by atoms with van der Waals surface area (Å²) < 4.78 is 11.7. The van der Waals surface area contributed by atoms with Gasteiger partial charge in [-0.15, -0.1) is 0 Å². The summed E-state index contributed by atoms with van der Waals surface area (Å²) in [6.07, 6.45) is 1.91. The highest BCUT2D eigenvalue weighted by Gasteiger charge is 2.43. The Hall–Kier alpha value is -2.92. The molecule has 5 heteroatoms. The van der Waals surface area contributed by atoms with Gasteiger partial charge in [0.15, 0.2) is 5.43 Å². The molecule has 28 heavy (non-hydrogen) atoms. The van der Waals surface area contributed by atoms with Crippen LogP contribution in [0.15, 0.2) is 57.7 Å². The molecule has 0 aliphatic carbocycles. The maximum atomic E-state index is 13.3. The molecule has 3 heterocycles. The second-order valence-corrected chi connectivity index (χ2v) is 7.58. The molecule has 0 unspecified atom stereocenters. The van der Waals surface area contributed by atoms with E-state index >= 15 is 0 Å². The number of benzene rings is 2. The first-order valence-corrected chi connectivity index (χ1v) is 9.68. The van der Waals surface area contributed by atoms with E-state index in [1.54, 1.807) is 23.1 Å². The highest BCUT2D eigenvalue weighted by Crippen LogP contribution is 2.38. The van der Waals surface area contributed by atoms with Gasteiger partial charge in [0.25, 0.3) is 5.91 Å². The van der Waals surface area contributed by atoms with Crippen LogP contribution in [0.5, 0.6) is 0 Å². The number of rotatable bonds is 3. The Labute approximate surface area is 162 Å². The summed E-state index contributed by atoms with van der Waals surface area (Å²) in [6.45, 7) is 3.19. The van der Waals surface area contributed by atoms with Gasteiger partial charge in [0.05, 0.1) is 23.1 Å². The molecule has 0 radical (unpaired) electrons. The zero-order valence-corrected chi connectivity index (χ0v) is 15.7. The summed E-state index contributed by atoms with van der Waals surface area (Å²) in [5, 5.41) is 0.505. The minimum atomic E-state index is -0.451. The molecule has 1 amide bonds. The first-order valence-electron chi connectivity index (χ1n) is 9.68. The fraction of sp³-hybridized carbons (Fsp3) is 0.304. The van der Waals surface area contributed by atoms with Crippen molar-refractivity contribution in [3.05, 3.63) is 81.2 Å². The van der Waals surface area contributed by atoms with Crippen LogP contribution in [0.25, 0.3) is 11.0 Å². The van der Waals surface area contributed by atoms with Gasteiger partial charge in [0.1, 0.15) is 5.58 Å². The predicted molar refractivity (Wildman–Crippen MR) is 106 cm³/mol. The van der Waals surface area contributed by atoms with Gasteiger partial charge in [-0.05, 0) is 37.5 Å². The first kappa shape index (κ1) is 17.2. The summed E-state index contributed by atoms with van der Waals surface area (Å²) in [6, 6.07) is 14.6. The van der Waals surface area contributed by atoms with Crippen molar-refractivity contribution in [2.45, 2.75) is 31.9 Å². The molecule has 2 atom stereocenters. The molecule has 0 bridgehead atoms. The van der Waals surface area contributed by atoms with Crippen LogP contribution < -0.4 is 5.43 Å². The Morgan fingerprint density at radius 2 is 1.86 bits per heavy atom. The van der Waals surface area contributed by atoms with Gasteiger partial charge in [-0.25, -0.2) is 0 Å². The van der Waals surface area contributed by atoms with E-state index < -0.39 is 6.04 Å². The lowest BCUT2D eigenvalue weighted by atomic mass is 9.97. The number of hydrogen-bond acceptors (Lipinski definition) is 4. The topological polar surface area (TPSA) is 59.8 Å². The van der Waals surface area contributed by atoms with Crippen molar-refractivity contribution < 1.29 is 13.9 Å². The lowest BCUT2D eigenvalue weighted by molar-refractivity contribution is 0.0486. The highest BCUT2D eigenvalue weighted by atomic mass is 16.5. The summed E-state index contributed by atoms with van der Waals surface area (Å²) in [5.41, 5.74) is 2.79. The molecule has 1 saturated heterocycles. The number of fused-ring (bicyclic) bond motifs is 2. The maximum absolute atomic E-state index is 13.3. The lowest BCUT2D eigenvalue weighted by Crippen LogP contribution is -2.36. The SMILES string of the molecule is Cc1ccc([C@@H]2c3c(oc4ccccc4c3=O)C(=O)N2C[C@H]2CCCO2)cc1. The molecule has 2 aliphatic heterocycles. The van der Waals surface area contributed by atoms with Crippen LogP contribution in [0.4, 0.5) is 0 Å². The van der Waals surface area contributed by atoms with E-state index in [4.69, 9.17) is 9.15 Å². The summed E-state index contributed by atoms with van der Waals surface area (Å²) >= 11 is 0.